The van der Waals surface area contributed by atoms with Gasteiger partial charge in [0.25, 0.3) is 11.8 Å². The SMILES string of the molecule is CC1=C2C(=O)N(c3ccc(C(=O)O)cc3)N=C2N(c2cc(C(=O)O)cc(C(=O)O)c2)C(=O)C1=Nc1ccc(N(C)C)cc1. The number of carboxylic acids is 3. The first-order valence-electron chi connectivity index (χ1n) is 12.7. The van der Waals surface area contributed by atoms with Gasteiger partial charge < -0.3 is 20.2 Å². The molecule has 3 N–H and O–H groups in total. The minimum atomic E-state index is -1.43. The van der Waals surface area contributed by atoms with Crippen molar-refractivity contribution in [2.75, 3.05) is 28.9 Å². The number of aliphatic imine (C=N–C) groups is 1. The van der Waals surface area contributed by atoms with Gasteiger partial charge in [0.1, 0.15) is 5.71 Å². The van der Waals surface area contributed by atoms with Crippen LogP contribution in [0.3, 0.4) is 0 Å². The molecular formula is C30H23N5O8. The second-order valence-electron chi connectivity index (χ2n) is 9.78. The molecule has 2 aliphatic heterocycles. The van der Waals surface area contributed by atoms with Gasteiger partial charge in [-0.1, -0.05) is 0 Å². The molecular weight excluding hydrogens is 558 g/mol. The van der Waals surface area contributed by atoms with Crippen molar-refractivity contribution in [2.24, 2.45) is 10.1 Å². The third-order valence-electron chi connectivity index (χ3n) is 6.81. The smallest absolute Gasteiger partial charge is 0.335 e. The molecule has 5 rings (SSSR count). The van der Waals surface area contributed by atoms with Crippen LogP contribution in [0.1, 0.15) is 38.0 Å². The predicted octanol–water partition coefficient (Wildman–Crippen LogP) is 3.64. The Hall–Kier alpha value is -6.11. The molecule has 0 saturated carbocycles. The van der Waals surface area contributed by atoms with Gasteiger partial charge in [-0.3, -0.25) is 14.5 Å². The van der Waals surface area contributed by atoms with Gasteiger partial charge in [0.15, 0.2) is 5.84 Å². The van der Waals surface area contributed by atoms with Crippen molar-refractivity contribution in [3.05, 3.63) is 94.6 Å². The zero-order valence-corrected chi connectivity index (χ0v) is 23.0. The summed E-state index contributed by atoms with van der Waals surface area (Å²) in [5.74, 6) is -5.62. The average Bonchev–Trinajstić information content (AvgIpc) is 3.31. The fraction of sp³-hybridized carbons (Fsp3) is 0.100. The standard InChI is InChI=1S/C30H23N5O8/c1-15-23-25(32-35(26(23)36)21-8-4-16(5-9-21)28(38)39)34(22-13-17(29(40)41)12-18(14-22)30(42)43)27(37)24(15)31-19-6-10-20(11-7-19)33(2)3/h4-14H,1-3H3,(H,38,39)(H,40,41)(H,42,43). The number of aromatic carboxylic acids is 3. The van der Waals surface area contributed by atoms with Crippen LogP contribution < -0.4 is 14.8 Å². The minimum Gasteiger partial charge on any atom is -0.478 e. The number of benzene rings is 3. The van der Waals surface area contributed by atoms with Crippen molar-refractivity contribution in [3.63, 3.8) is 0 Å². The van der Waals surface area contributed by atoms with Gasteiger partial charge in [-0.05, 0) is 79.2 Å². The van der Waals surface area contributed by atoms with E-state index < -0.39 is 40.8 Å². The van der Waals surface area contributed by atoms with E-state index in [1.807, 2.05) is 19.0 Å². The number of amides is 2. The van der Waals surface area contributed by atoms with Gasteiger partial charge in [0.2, 0.25) is 0 Å². The summed E-state index contributed by atoms with van der Waals surface area (Å²) in [6.07, 6.45) is 0. The van der Waals surface area contributed by atoms with E-state index >= 15 is 0 Å². The zero-order valence-electron chi connectivity index (χ0n) is 23.0. The van der Waals surface area contributed by atoms with Crippen molar-refractivity contribution >= 4 is 64.0 Å². The molecule has 13 heteroatoms. The molecule has 43 heavy (non-hydrogen) atoms. The molecule has 0 aliphatic carbocycles. The van der Waals surface area contributed by atoms with Crippen LogP contribution in [0.5, 0.6) is 0 Å². The molecule has 0 unspecified atom stereocenters. The molecule has 13 nitrogen and oxygen atoms in total. The van der Waals surface area contributed by atoms with E-state index in [0.29, 0.717) is 5.69 Å². The number of anilines is 3. The van der Waals surface area contributed by atoms with Crippen molar-refractivity contribution in [3.8, 4) is 0 Å². The van der Waals surface area contributed by atoms with Gasteiger partial charge in [0.05, 0.1) is 39.3 Å². The number of amidine groups is 1. The summed E-state index contributed by atoms with van der Waals surface area (Å²) >= 11 is 0. The summed E-state index contributed by atoms with van der Waals surface area (Å²) in [7, 11) is 3.73. The summed E-state index contributed by atoms with van der Waals surface area (Å²) in [6, 6.07) is 15.4. The normalized spacial score (nSPS) is 15.5. The van der Waals surface area contributed by atoms with Crippen LogP contribution in [0.25, 0.3) is 0 Å². The monoisotopic (exact) mass is 581 g/mol. The fourth-order valence-corrected chi connectivity index (χ4v) is 4.59. The number of hydrogen-bond donors (Lipinski definition) is 3. The first-order valence-corrected chi connectivity index (χ1v) is 12.7. The number of hydrogen-bond acceptors (Lipinski definition) is 8. The zero-order chi connectivity index (χ0) is 31.2. The summed E-state index contributed by atoms with van der Waals surface area (Å²) < 4.78 is 0. The van der Waals surface area contributed by atoms with Crippen molar-refractivity contribution < 1.29 is 39.3 Å². The lowest BCUT2D eigenvalue weighted by Crippen LogP contribution is -2.47. The lowest BCUT2D eigenvalue weighted by atomic mass is 9.95. The summed E-state index contributed by atoms with van der Waals surface area (Å²) in [5, 5.41) is 33.9. The average molecular weight is 582 g/mol. The minimum absolute atomic E-state index is 0.0194. The van der Waals surface area contributed by atoms with Crippen molar-refractivity contribution in [1.29, 1.82) is 0 Å². The highest BCUT2D eigenvalue weighted by Crippen LogP contribution is 2.35. The maximum Gasteiger partial charge on any atom is 0.335 e. The first kappa shape index (κ1) is 28.4. The molecule has 2 heterocycles. The molecule has 0 saturated heterocycles. The van der Waals surface area contributed by atoms with Crippen LogP contribution in [0.15, 0.2) is 88.0 Å². The Bertz CT molecular complexity index is 1790. The Morgan fingerprint density at radius 1 is 0.744 bits per heavy atom. The molecule has 0 spiro atoms. The van der Waals surface area contributed by atoms with Crippen LogP contribution in [-0.4, -0.2) is 70.7 Å². The highest BCUT2D eigenvalue weighted by Gasteiger charge is 2.45. The summed E-state index contributed by atoms with van der Waals surface area (Å²) in [4.78, 5) is 70.2. The number of nitrogens with zero attached hydrogens (tertiary/aromatic N) is 5. The maximum atomic E-state index is 14.1. The number of hydrazone groups is 1. The topological polar surface area (TPSA) is 180 Å². The Balaban J connectivity index is 1.72. The molecule has 0 radical (unpaired) electrons. The van der Waals surface area contributed by atoms with E-state index in [0.717, 1.165) is 33.8 Å². The summed E-state index contributed by atoms with van der Waals surface area (Å²) in [6.45, 7) is 1.53. The van der Waals surface area contributed by atoms with E-state index in [2.05, 4.69) is 10.1 Å². The molecule has 2 aliphatic rings. The van der Waals surface area contributed by atoms with Crippen molar-refractivity contribution in [2.45, 2.75) is 6.92 Å². The quantitative estimate of drug-likeness (QED) is 0.375. The Morgan fingerprint density at radius 3 is 1.81 bits per heavy atom. The van der Waals surface area contributed by atoms with Gasteiger partial charge in [-0.15, -0.1) is 5.10 Å². The molecule has 216 valence electrons. The maximum absolute atomic E-state index is 14.1. The lowest BCUT2D eigenvalue weighted by Gasteiger charge is -2.28. The Kier molecular flexibility index (Phi) is 7.07. The fourth-order valence-electron chi connectivity index (χ4n) is 4.59. The van der Waals surface area contributed by atoms with Crippen molar-refractivity contribution in [1.82, 2.24) is 0 Å². The highest BCUT2D eigenvalue weighted by molar-refractivity contribution is 6.61. The van der Waals surface area contributed by atoms with E-state index in [4.69, 9.17) is 0 Å². The van der Waals surface area contributed by atoms with Crippen LogP contribution in [0.4, 0.5) is 22.7 Å². The third-order valence-corrected chi connectivity index (χ3v) is 6.81. The van der Waals surface area contributed by atoms with Gasteiger partial charge in [-0.2, -0.15) is 5.01 Å². The lowest BCUT2D eigenvalue weighted by molar-refractivity contribution is -0.114. The van der Waals surface area contributed by atoms with E-state index in [-0.39, 0.29) is 39.6 Å². The van der Waals surface area contributed by atoms with Crippen LogP contribution >= 0.6 is 0 Å². The largest absolute Gasteiger partial charge is 0.478 e. The molecule has 3 aromatic carbocycles. The van der Waals surface area contributed by atoms with E-state index in [1.54, 1.807) is 24.3 Å². The van der Waals surface area contributed by atoms with Gasteiger partial charge >= 0.3 is 17.9 Å². The van der Waals surface area contributed by atoms with E-state index in [1.165, 1.54) is 31.2 Å². The van der Waals surface area contributed by atoms with Gasteiger partial charge in [0, 0.05) is 19.8 Å². The number of fused-ring (bicyclic) bond motifs is 1. The Labute approximate surface area is 243 Å². The molecule has 0 bridgehead atoms. The molecule has 0 fully saturated rings. The van der Waals surface area contributed by atoms with E-state index in [9.17, 15) is 39.3 Å². The van der Waals surface area contributed by atoms with Crippen LogP contribution in [0.2, 0.25) is 0 Å². The molecule has 3 aromatic rings. The first-order chi connectivity index (χ1) is 20.4. The number of carbonyl (C=O) groups is 5. The number of carbonyl (C=O) groups excluding carboxylic acids is 2. The number of rotatable bonds is 7. The number of carboxylic acid groups (broad SMARTS) is 3. The van der Waals surface area contributed by atoms with Gasteiger partial charge in [-0.25, -0.2) is 19.4 Å². The third kappa shape index (κ3) is 5.10. The highest BCUT2D eigenvalue weighted by atomic mass is 16.4. The predicted molar refractivity (Wildman–Crippen MR) is 157 cm³/mol. The molecule has 0 aromatic heterocycles. The van der Waals surface area contributed by atoms with Crippen LogP contribution in [0, 0.1) is 0 Å². The summed E-state index contributed by atoms with van der Waals surface area (Å²) in [5.41, 5.74) is 0.527. The Morgan fingerprint density at radius 2 is 1.30 bits per heavy atom. The molecule has 2 amide bonds. The second kappa shape index (κ2) is 10.7. The molecule has 0 atom stereocenters. The van der Waals surface area contributed by atoms with Crippen LogP contribution in [-0.2, 0) is 9.59 Å². The second-order valence-corrected chi connectivity index (χ2v) is 9.78.